The lowest BCUT2D eigenvalue weighted by Gasteiger charge is -2.25. The van der Waals surface area contributed by atoms with Gasteiger partial charge in [-0.2, -0.15) is 0 Å². The standard InChI is InChI=1S/C11H13ClN2O2.ClH/c12-8-4-11-10(15-6-16-11)3-7(8)9-5-13-1-2-14-9;/h3-4,9,13-14H,1-2,5-6H2;1H/t9-;/m1./s1. The maximum atomic E-state index is 6.24. The monoisotopic (exact) mass is 276 g/mol. The minimum absolute atomic E-state index is 0. The molecule has 2 heterocycles. The predicted molar refractivity (Wildman–Crippen MR) is 68.4 cm³/mol. The van der Waals surface area contributed by atoms with Gasteiger partial charge in [-0.3, -0.25) is 0 Å². The molecule has 1 aromatic carbocycles. The average Bonchev–Trinajstić information content (AvgIpc) is 2.76. The molecular formula is C11H14Cl2N2O2. The first-order valence-corrected chi connectivity index (χ1v) is 5.75. The molecule has 2 N–H and O–H groups in total. The van der Waals surface area contributed by atoms with E-state index in [1.807, 2.05) is 12.1 Å². The molecule has 1 fully saturated rings. The van der Waals surface area contributed by atoms with E-state index in [4.69, 9.17) is 21.1 Å². The summed E-state index contributed by atoms with van der Waals surface area (Å²) in [6.45, 7) is 3.12. The highest BCUT2D eigenvalue weighted by atomic mass is 35.5. The fourth-order valence-electron chi connectivity index (χ4n) is 2.07. The van der Waals surface area contributed by atoms with Gasteiger partial charge in [0.1, 0.15) is 0 Å². The predicted octanol–water partition coefficient (Wildman–Crippen LogP) is 1.72. The Labute approximate surface area is 111 Å². The van der Waals surface area contributed by atoms with E-state index in [0.29, 0.717) is 0 Å². The van der Waals surface area contributed by atoms with Gasteiger partial charge in [-0.05, 0) is 11.6 Å². The van der Waals surface area contributed by atoms with E-state index < -0.39 is 0 Å². The molecule has 1 atom stereocenters. The Bertz CT molecular complexity index is 409. The summed E-state index contributed by atoms with van der Waals surface area (Å²) >= 11 is 6.24. The number of halogens is 2. The second-order valence-corrected chi connectivity index (χ2v) is 4.35. The molecule has 3 rings (SSSR count). The third kappa shape index (κ3) is 2.45. The molecule has 0 aromatic heterocycles. The van der Waals surface area contributed by atoms with Crippen molar-refractivity contribution in [1.29, 1.82) is 0 Å². The highest BCUT2D eigenvalue weighted by molar-refractivity contribution is 6.31. The van der Waals surface area contributed by atoms with Crippen molar-refractivity contribution in [2.45, 2.75) is 6.04 Å². The summed E-state index contributed by atoms with van der Waals surface area (Å²) in [7, 11) is 0. The number of fused-ring (bicyclic) bond motifs is 1. The van der Waals surface area contributed by atoms with Gasteiger partial charge in [0.15, 0.2) is 11.5 Å². The van der Waals surface area contributed by atoms with E-state index in [0.717, 1.165) is 41.7 Å². The Hall–Kier alpha value is -0.680. The number of hydrogen-bond donors (Lipinski definition) is 2. The summed E-state index contributed by atoms with van der Waals surface area (Å²) in [4.78, 5) is 0. The molecule has 0 unspecified atom stereocenters. The molecule has 0 radical (unpaired) electrons. The van der Waals surface area contributed by atoms with Gasteiger partial charge < -0.3 is 20.1 Å². The van der Waals surface area contributed by atoms with E-state index in [1.54, 1.807) is 0 Å². The molecule has 0 saturated carbocycles. The zero-order valence-electron chi connectivity index (χ0n) is 9.16. The molecule has 2 aliphatic rings. The van der Waals surface area contributed by atoms with Crippen LogP contribution in [0, 0.1) is 0 Å². The van der Waals surface area contributed by atoms with Crippen LogP contribution in [0.3, 0.4) is 0 Å². The highest BCUT2D eigenvalue weighted by Gasteiger charge is 2.22. The number of nitrogens with one attached hydrogen (secondary N) is 2. The molecule has 1 saturated heterocycles. The molecule has 17 heavy (non-hydrogen) atoms. The molecular weight excluding hydrogens is 263 g/mol. The van der Waals surface area contributed by atoms with Gasteiger partial charge in [0, 0.05) is 36.8 Å². The lowest BCUT2D eigenvalue weighted by molar-refractivity contribution is 0.174. The van der Waals surface area contributed by atoms with Crippen LogP contribution in [-0.4, -0.2) is 26.4 Å². The van der Waals surface area contributed by atoms with Gasteiger partial charge >= 0.3 is 0 Å². The van der Waals surface area contributed by atoms with Crippen LogP contribution in [-0.2, 0) is 0 Å². The number of benzene rings is 1. The summed E-state index contributed by atoms with van der Waals surface area (Å²) < 4.78 is 10.6. The Morgan fingerprint density at radius 2 is 1.94 bits per heavy atom. The number of piperazine rings is 1. The number of hydrogen-bond acceptors (Lipinski definition) is 4. The molecule has 4 nitrogen and oxygen atoms in total. The average molecular weight is 277 g/mol. The highest BCUT2D eigenvalue weighted by Crippen LogP contribution is 2.38. The van der Waals surface area contributed by atoms with Crippen molar-refractivity contribution in [3.63, 3.8) is 0 Å². The fraction of sp³-hybridized carbons (Fsp3) is 0.455. The molecule has 0 bridgehead atoms. The molecule has 1 aromatic rings. The molecule has 6 heteroatoms. The summed E-state index contributed by atoms with van der Waals surface area (Å²) in [6, 6.07) is 4.04. The van der Waals surface area contributed by atoms with Crippen LogP contribution in [0.15, 0.2) is 12.1 Å². The SMILES string of the molecule is Cl.Clc1cc2c(cc1[C@H]1CNCCN1)OCO2. The topological polar surface area (TPSA) is 42.5 Å². The van der Waals surface area contributed by atoms with Crippen molar-refractivity contribution >= 4 is 24.0 Å². The maximum Gasteiger partial charge on any atom is 0.231 e. The largest absolute Gasteiger partial charge is 0.454 e. The second-order valence-electron chi connectivity index (χ2n) is 3.94. The van der Waals surface area contributed by atoms with E-state index in [-0.39, 0.29) is 25.2 Å². The molecule has 0 aliphatic carbocycles. The van der Waals surface area contributed by atoms with Crippen LogP contribution < -0.4 is 20.1 Å². The van der Waals surface area contributed by atoms with Crippen molar-refractivity contribution in [3.05, 3.63) is 22.7 Å². The van der Waals surface area contributed by atoms with Gasteiger partial charge in [0.25, 0.3) is 0 Å². The van der Waals surface area contributed by atoms with E-state index in [9.17, 15) is 0 Å². The second kappa shape index (κ2) is 5.31. The van der Waals surface area contributed by atoms with Crippen molar-refractivity contribution in [1.82, 2.24) is 10.6 Å². The first kappa shape index (κ1) is 12.8. The van der Waals surface area contributed by atoms with Crippen molar-refractivity contribution in [3.8, 4) is 11.5 Å². The van der Waals surface area contributed by atoms with Crippen LogP contribution in [0.4, 0.5) is 0 Å². The normalized spacial score (nSPS) is 22.1. The molecule has 94 valence electrons. The summed E-state index contributed by atoms with van der Waals surface area (Å²) in [6.07, 6.45) is 0. The van der Waals surface area contributed by atoms with Crippen LogP contribution in [0.1, 0.15) is 11.6 Å². The Balaban J connectivity index is 0.00000108. The first-order valence-electron chi connectivity index (χ1n) is 5.38. The van der Waals surface area contributed by atoms with Crippen molar-refractivity contribution < 1.29 is 9.47 Å². The minimum Gasteiger partial charge on any atom is -0.454 e. The Morgan fingerprint density at radius 1 is 1.18 bits per heavy atom. The van der Waals surface area contributed by atoms with Crippen LogP contribution in [0.5, 0.6) is 11.5 Å². The van der Waals surface area contributed by atoms with E-state index in [1.165, 1.54) is 0 Å². The zero-order valence-corrected chi connectivity index (χ0v) is 10.7. The van der Waals surface area contributed by atoms with Crippen LogP contribution in [0.25, 0.3) is 0 Å². The van der Waals surface area contributed by atoms with Crippen LogP contribution >= 0.6 is 24.0 Å². The lowest BCUT2D eigenvalue weighted by atomic mass is 10.0. The van der Waals surface area contributed by atoms with Crippen molar-refractivity contribution in [2.24, 2.45) is 0 Å². The van der Waals surface area contributed by atoms with Gasteiger partial charge in [-0.15, -0.1) is 12.4 Å². The van der Waals surface area contributed by atoms with Crippen LogP contribution in [0.2, 0.25) is 5.02 Å². The fourth-order valence-corrected chi connectivity index (χ4v) is 2.36. The summed E-state index contributed by atoms with van der Waals surface area (Å²) in [5, 5.41) is 7.49. The molecule has 0 spiro atoms. The maximum absolute atomic E-state index is 6.24. The molecule has 0 amide bonds. The lowest BCUT2D eigenvalue weighted by Crippen LogP contribution is -2.42. The number of rotatable bonds is 1. The smallest absolute Gasteiger partial charge is 0.231 e. The summed E-state index contributed by atoms with van der Waals surface area (Å²) in [5.41, 5.74) is 1.07. The van der Waals surface area contributed by atoms with E-state index >= 15 is 0 Å². The number of ether oxygens (including phenoxy) is 2. The quantitative estimate of drug-likeness (QED) is 0.820. The van der Waals surface area contributed by atoms with E-state index in [2.05, 4.69) is 10.6 Å². The Kier molecular flexibility index (Phi) is 3.99. The van der Waals surface area contributed by atoms with Gasteiger partial charge in [0.2, 0.25) is 6.79 Å². The van der Waals surface area contributed by atoms with Gasteiger partial charge in [-0.25, -0.2) is 0 Å². The third-order valence-corrected chi connectivity index (χ3v) is 3.24. The minimum atomic E-state index is 0. The first-order chi connectivity index (χ1) is 7.84. The Morgan fingerprint density at radius 3 is 2.65 bits per heavy atom. The summed E-state index contributed by atoms with van der Waals surface area (Å²) in [5.74, 6) is 1.52. The van der Waals surface area contributed by atoms with Gasteiger partial charge in [0.05, 0.1) is 0 Å². The van der Waals surface area contributed by atoms with Crippen molar-refractivity contribution in [2.75, 3.05) is 26.4 Å². The zero-order chi connectivity index (χ0) is 11.0. The molecule has 2 aliphatic heterocycles. The third-order valence-electron chi connectivity index (χ3n) is 2.91. The van der Waals surface area contributed by atoms with Gasteiger partial charge in [-0.1, -0.05) is 11.6 Å².